The van der Waals surface area contributed by atoms with E-state index in [1.165, 1.54) is 0 Å². The van der Waals surface area contributed by atoms with Crippen molar-refractivity contribution in [3.05, 3.63) is 0 Å². The Hall–Kier alpha value is -1.06. The molecule has 1 saturated heterocycles. The Morgan fingerprint density at radius 2 is 1.53 bits per heavy atom. The smallest absolute Gasteiger partial charge is 0.410 e. The lowest BCUT2D eigenvalue weighted by molar-refractivity contribution is -0.112. The highest BCUT2D eigenvalue weighted by atomic mass is 16.6. The maximum atomic E-state index is 11.6. The zero-order chi connectivity index (χ0) is 15.5. The zero-order valence-corrected chi connectivity index (χ0v) is 13.7. The number of ether oxygens (including phenoxy) is 1. The van der Waals surface area contributed by atoms with Gasteiger partial charge in [0.1, 0.15) is 11.9 Å². The minimum atomic E-state index is -0.446. The first-order valence-electron chi connectivity index (χ1n) is 7.35. The van der Waals surface area contributed by atoms with Gasteiger partial charge in [-0.25, -0.2) is 4.79 Å². The highest BCUT2D eigenvalue weighted by Gasteiger charge is 2.26. The molecular weight excluding hydrogens is 242 g/mol. The predicted octanol–water partition coefficient (Wildman–Crippen LogP) is 3.88. The number of carbonyl (C=O) groups is 2. The molecule has 19 heavy (non-hydrogen) atoms. The van der Waals surface area contributed by atoms with E-state index < -0.39 is 5.60 Å². The second-order valence-electron chi connectivity index (χ2n) is 4.94. The van der Waals surface area contributed by atoms with E-state index in [1.807, 2.05) is 48.5 Å². The average molecular weight is 273 g/mol. The molecule has 0 saturated carbocycles. The fraction of sp³-hybridized carbons (Fsp3) is 0.867. The van der Waals surface area contributed by atoms with Crippen molar-refractivity contribution in [1.82, 2.24) is 4.90 Å². The SMILES string of the molecule is CC.CC.CC(C)(C)OC(=O)N1CCC(C=O)CC1. The van der Waals surface area contributed by atoms with Crippen molar-refractivity contribution in [3.63, 3.8) is 0 Å². The van der Waals surface area contributed by atoms with Crippen molar-refractivity contribution in [1.29, 1.82) is 0 Å². The molecule has 0 bridgehead atoms. The van der Waals surface area contributed by atoms with Gasteiger partial charge in [-0.3, -0.25) is 0 Å². The molecule has 114 valence electrons. The van der Waals surface area contributed by atoms with E-state index >= 15 is 0 Å². The molecule has 0 aromatic rings. The van der Waals surface area contributed by atoms with Crippen LogP contribution < -0.4 is 0 Å². The fourth-order valence-electron chi connectivity index (χ4n) is 1.54. The third kappa shape index (κ3) is 9.51. The van der Waals surface area contributed by atoms with E-state index in [0.29, 0.717) is 13.1 Å². The molecule has 4 heteroatoms. The minimum absolute atomic E-state index is 0.115. The Balaban J connectivity index is 0. The summed E-state index contributed by atoms with van der Waals surface area (Å²) in [6.45, 7) is 14.8. The molecular formula is C15H31NO3. The Bertz CT molecular complexity index is 238. The van der Waals surface area contributed by atoms with Crippen molar-refractivity contribution < 1.29 is 14.3 Å². The maximum Gasteiger partial charge on any atom is 0.410 e. The van der Waals surface area contributed by atoms with Gasteiger partial charge in [0.25, 0.3) is 0 Å². The topological polar surface area (TPSA) is 46.6 Å². The van der Waals surface area contributed by atoms with Gasteiger partial charge >= 0.3 is 6.09 Å². The van der Waals surface area contributed by atoms with Gasteiger partial charge in [0, 0.05) is 19.0 Å². The summed E-state index contributed by atoms with van der Waals surface area (Å²) in [4.78, 5) is 23.8. The van der Waals surface area contributed by atoms with Crippen LogP contribution >= 0.6 is 0 Å². The zero-order valence-electron chi connectivity index (χ0n) is 13.7. The van der Waals surface area contributed by atoms with Gasteiger partial charge in [0.15, 0.2) is 0 Å². The number of aldehydes is 1. The Morgan fingerprint density at radius 3 is 1.84 bits per heavy atom. The molecule has 0 spiro atoms. The minimum Gasteiger partial charge on any atom is -0.444 e. The van der Waals surface area contributed by atoms with Crippen LogP contribution in [0, 0.1) is 5.92 Å². The first-order valence-corrected chi connectivity index (χ1v) is 7.35. The van der Waals surface area contributed by atoms with E-state index in [0.717, 1.165) is 19.1 Å². The number of likely N-dealkylation sites (tertiary alicyclic amines) is 1. The van der Waals surface area contributed by atoms with Crippen molar-refractivity contribution in [2.24, 2.45) is 5.92 Å². The highest BCUT2D eigenvalue weighted by molar-refractivity contribution is 5.68. The summed E-state index contributed by atoms with van der Waals surface area (Å²) in [7, 11) is 0. The van der Waals surface area contributed by atoms with Gasteiger partial charge in [0.05, 0.1) is 0 Å². The predicted molar refractivity (Wildman–Crippen MR) is 79.3 cm³/mol. The van der Waals surface area contributed by atoms with E-state index in [2.05, 4.69) is 0 Å². The third-order valence-electron chi connectivity index (χ3n) is 2.38. The summed E-state index contributed by atoms with van der Waals surface area (Å²) in [5.41, 5.74) is -0.446. The highest BCUT2D eigenvalue weighted by Crippen LogP contribution is 2.17. The number of amides is 1. The molecule has 1 fully saturated rings. The summed E-state index contributed by atoms with van der Waals surface area (Å²) in [6, 6.07) is 0. The Kier molecular flexibility index (Phi) is 11.5. The lowest BCUT2D eigenvalue weighted by atomic mass is 9.99. The normalized spacial score (nSPS) is 15.4. The molecule has 0 unspecified atom stereocenters. The number of piperidine rings is 1. The van der Waals surface area contributed by atoms with Crippen molar-refractivity contribution in [3.8, 4) is 0 Å². The van der Waals surface area contributed by atoms with E-state index in [4.69, 9.17) is 4.74 Å². The maximum absolute atomic E-state index is 11.6. The second kappa shape index (κ2) is 10.8. The summed E-state index contributed by atoms with van der Waals surface area (Å²) in [5, 5.41) is 0. The lowest BCUT2D eigenvalue weighted by Crippen LogP contribution is -2.41. The fourth-order valence-corrected chi connectivity index (χ4v) is 1.54. The molecule has 1 heterocycles. The van der Waals surface area contributed by atoms with Crippen LogP contribution in [0.1, 0.15) is 61.3 Å². The van der Waals surface area contributed by atoms with Crippen molar-refractivity contribution in [2.45, 2.75) is 66.9 Å². The van der Waals surface area contributed by atoms with Crippen LogP contribution in [0.3, 0.4) is 0 Å². The first kappa shape index (κ1) is 20.3. The van der Waals surface area contributed by atoms with Crippen molar-refractivity contribution in [2.75, 3.05) is 13.1 Å². The van der Waals surface area contributed by atoms with Gasteiger partial charge < -0.3 is 14.4 Å². The molecule has 1 rings (SSSR count). The lowest BCUT2D eigenvalue weighted by Gasteiger charge is -2.31. The van der Waals surface area contributed by atoms with Gasteiger partial charge in [-0.1, -0.05) is 27.7 Å². The quantitative estimate of drug-likeness (QED) is 0.681. The Labute approximate surface area is 118 Å². The summed E-state index contributed by atoms with van der Waals surface area (Å²) >= 11 is 0. The second-order valence-corrected chi connectivity index (χ2v) is 4.94. The summed E-state index contributed by atoms with van der Waals surface area (Å²) < 4.78 is 5.24. The standard InChI is InChI=1S/C11H19NO3.2C2H6/c1-11(2,3)15-10(14)12-6-4-9(8-13)5-7-12;2*1-2/h8-9H,4-7H2,1-3H3;2*1-2H3. The molecule has 0 aromatic carbocycles. The molecule has 0 aliphatic carbocycles. The van der Waals surface area contributed by atoms with E-state index in [9.17, 15) is 9.59 Å². The van der Waals surface area contributed by atoms with Crippen molar-refractivity contribution >= 4 is 12.4 Å². The molecule has 0 atom stereocenters. The molecule has 0 N–H and O–H groups in total. The van der Waals surface area contributed by atoms with Crippen LogP contribution in [0.5, 0.6) is 0 Å². The van der Waals surface area contributed by atoms with Gasteiger partial charge in [0.2, 0.25) is 0 Å². The first-order chi connectivity index (χ1) is 8.92. The number of hydrogen-bond acceptors (Lipinski definition) is 3. The summed E-state index contributed by atoms with van der Waals surface area (Å²) in [6.07, 6.45) is 2.21. The van der Waals surface area contributed by atoms with Gasteiger partial charge in [-0.05, 0) is 33.6 Å². The number of nitrogens with zero attached hydrogens (tertiary/aromatic N) is 1. The van der Waals surface area contributed by atoms with Crippen LogP contribution in [-0.4, -0.2) is 36.0 Å². The molecule has 1 aliphatic rings. The van der Waals surface area contributed by atoms with Gasteiger partial charge in [-0.2, -0.15) is 0 Å². The van der Waals surface area contributed by atoms with Crippen LogP contribution in [0.4, 0.5) is 4.79 Å². The van der Waals surface area contributed by atoms with E-state index in [1.54, 1.807) is 4.90 Å². The largest absolute Gasteiger partial charge is 0.444 e. The Morgan fingerprint density at radius 1 is 1.11 bits per heavy atom. The number of rotatable bonds is 1. The molecule has 1 aliphatic heterocycles. The molecule has 4 nitrogen and oxygen atoms in total. The monoisotopic (exact) mass is 273 g/mol. The van der Waals surface area contributed by atoms with Gasteiger partial charge in [-0.15, -0.1) is 0 Å². The number of hydrogen-bond donors (Lipinski definition) is 0. The number of carbonyl (C=O) groups excluding carboxylic acids is 2. The van der Waals surface area contributed by atoms with E-state index in [-0.39, 0.29) is 12.0 Å². The molecule has 1 amide bonds. The van der Waals surface area contributed by atoms with Crippen LogP contribution in [0.15, 0.2) is 0 Å². The average Bonchev–Trinajstić information content (AvgIpc) is 2.41. The van der Waals surface area contributed by atoms with Crippen LogP contribution in [0.2, 0.25) is 0 Å². The molecule has 0 radical (unpaired) electrons. The summed E-state index contributed by atoms with van der Waals surface area (Å²) in [5.74, 6) is 0.115. The third-order valence-corrected chi connectivity index (χ3v) is 2.38. The van der Waals surface area contributed by atoms with Crippen LogP contribution in [0.25, 0.3) is 0 Å². The van der Waals surface area contributed by atoms with Crippen LogP contribution in [-0.2, 0) is 9.53 Å². The molecule has 0 aromatic heterocycles.